The Morgan fingerprint density at radius 2 is 1.70 bits per heavy atom. The molecule has 0 unspecified atom stereocenters. The summed E-state index contributed by atoms with van der Waals surface area (Å²) in [5.74, 6) is -0.891. The predicted molar refractivity (Wildman–Crippen MR) is 79.0 cm³/mol. The van der Waals surface area contributed by atoms with Crippen molar-refractivity contribution in [2.24, 2.45) is 0 Å². The maximum atomic E-state index is 12.8. The quantitative estimate of drug-likeness (QED) is 0.497. The first-order valence-corrected chi connectivity index (χ1v) is 6.34. The van der Waals surface area contributed by atoms with Crippen molar-refractivity contribution in [1.29, 1.82) is 0 Å². The lowest BCUT2D eigenvalue weighted by Crippen LogP contribution is -2.15. The first-order valence-electron chi connectivity index (χ1n) is 6.34. The number of nitrogens with zero attached hydrogens (tertiary/aromatic N) is 2. The monoisotopic (exact) mass is 319 g/mol. The highest BCUT2D eigenvalue weighted by Gasteiger charge is 2.19. The number of halogens is 1. The van der Waals surface area contributed by atoms with Crippen LogP contribution in [0.1, 0.15) is 10.4 Å². The molecule has 0 aliphatic carbocycles. The Morgan fingerprint density at radius 3 is 2.26 bits per heavy atom. The van der Waals surface area contributed by atoms with Gasteiger partial charge >= 0.3 is 0 Å². The summed E-state index contributed by atoms with van der Waals surface area (Å²) >= 11 is 0. The summed E-state index contributed by atoms with van der Waals surface area (Å²) in [7, 11) is 0. The molecule has 118 valence electrons. The summed E-state index contributed by atoms with van der Waals surface area (Å²) in [4.78, 5) is 32.0. The number of hydrogen-bond donors (Lipinski definition) is 1. The van der Waals surface area contributed by atoms with Gasteiger partial charge in [-0.15, -0.1) is 0 Å². The fraction of sp³-hybridized carbons (Fsp3) is 0.0714. The Bertz CT molecular complexity index is 776. The van der Waals surface area contributed by atoms with E-state index in [9.17, 15) is 29.4 Å². The number of Topliss-reactive ketones (excluding diaryl/α,β-unsaturated/α-hetero) is 1. The van der Waals surface area contributed by atoms with E-state index in [0.717, 1.165) is 30.3 Å². The third-order valence-electron chi connectivity index (χ3n) is 2.99. The third kappa shape index (κ3) is 3.84. The lowest BCUT2D eigenvalue weighted by Gasteiger charge is -2.06. The van der Waals surface area contributed by atoms with E-state index in [0.29, 0.717) is 0 Å². The van der Waals surface area contributed by atoms with Crippen LogP contribution in [0.4, 0.5) is 21.5 Å². The van der Waals surface area contributed by atoms with Gasteiger partial charge in [0.25, 0.3) is 11.4 Å². The van der Waals surface area contributed by atoms with Gasteiger partial charge in [0.1, 0.15) is 11.5 Å². The maximum Gasteiger partial charge on any atom is 0.299 e. The van der Waals surface area contributed by atoms with Crippen LogP contribution >= 0.6 is 0 Å². The van der Waals surface area contributed by atoms with Gasteiger partial charge in [-0.2, -0.15) is 0 Å². The molecule has 0 saturated heterocycles. The minimum atomic E-state index is -0.780. The van der Waals surface area contributed by atoms with Crippen molar-refractivity contribution in [2.45, 2.75) is 0 Å². The van der Waals surface area contributed by atoms with Crippen molar-refractivity contribution >= 4 is 22.8 Å². The number of carbonyl (C=O) groups is 1. The second kappa shape index (κ2) is 6.60. The Kier molecular flexibility index (Phi) is 4.60. The molecule has 0 saturated carbocycles. The van der Waals surface area contributed by atoms with E-state index in [1.54, 1.807) is 0 Å². The van der Waals surface area contributed by atoms with Gasteiger partial charge in [-0.1, -0.05) is 0 Å². The van der Waals surface area contributed by atoms with Crippen LogP contribution in [0.15, 0.2) is 42.5 Å². The van der Waals surface area contributed by atoms with Crippen molar-refractivity contribution in [2.75, 3.05) is 11.9 Å². The highest BCUT2D eigenvalue weighted by atomic mass is 19.1. The smallest absolute Gasteiger partial charge is 0.299 e. The fourth-order valence-electron chi connectivity index (χ4n) is 1.85. The summed E-state index contributed by atoms with van der Waals surface area (Å²) in [5, 5.41) is 24.2. The van der Waals surface area contributed by atoms with Crippen LogP contribution in [0.3, 0.4) is 0 Å². The molecular weight excluding hydrogens is 309 g/mol. The van der Waals surface area contributed by atoms with E-state index in [-0.39, 0.29) is 17.8 Å². The lowest BCUT2D eigenvalue weighted by atomic mass is 10.1. The lowest BCUT2D eigenvalue weighted by molar-refractivity contribution is -0.393. The molecule has 0 spiro atoms. The summed E-state index contributed by atoms with van der Waals surface area (Å²) in [6, 6.07) is 7.91. The molecular formula is C14H10FN3O5. The average molecular weight is 319 g/mol. The minimum absolute atomic E-state index is 0.0175. The molecule has 0 bridgehead atoms. The van der Waals surface area contributed by atoms with E-state index < -0.39 is 32.8 Å². The van der Waals surface area contributed by atoms with Crippen LogP contribution < -0.4 is 5.32 Å². The van der Waals surface area contributed by atoms with Gasteiger partial charge in [0.05, 0.1) is 22.5 Å². The van der Waals surface area contributed by atoms with Crippen molar-refractivity contribution in [3.63, 3.8) is 0 Å². The molecule has 8 nitrogen and oxygen atoms in total. The third-order valence-corrected chi connectivity index (χ3v) is 2.99. The number of non-ortho nitro benzene ring substituents is 1. The molecule has 0 aliphatic rings. The minimum Gasteiger partial charge on any atom is -0.372 e. The highest BCUT2D eigenvalue weighted by Crippen LogP contribution is 2.28. The van der Waals surface area contributed by atoms with Gasteiger partial charge in [0.15, 0.2) is 5.78 Å². The predicted octanol–water partition coefficient (Wildman–Crippen LogP) is 2.94. The number of anilines is 1. The van der Waals surface area contributed by atoms with Crippen molar-refractivity contribution in [3.8, 4) is 0 Å². The van der Waals surface area contributed by atoms with Crippen LogP contribution in [0.2, 0.25) is 0 Å². The first kappa shape index (κ1) is 16.0. The van der Waals surface area contributed by atoms with Gasteiger partial charge in [-0.25, -0.2) is 4.39 Å². The zero-order chi connectivity index (χ0) is 17.0. The van der Waals surface area contributed by atoms with Crippen molar-refractivity contribution < 1.29 is 19.0 Å². The van der Waals surface area contributed by atoms with E-state index in [1.165, 1.54) is 12.1 Å². The van der Waals surface area contributed by atoms with E-state index in [2.05, 4.69) is 5.32 Å². The molecule has 2 rings (SSSR count). The number of benzene rings is 2. The molecule has 0 amide bonds. The van der Waals surface area contributed by atoms with Crippen LogP contribution in [0.5, 0.6) is 0 Å². The Labute approximate surface area is 128 Å². The summed E-state index contributed by atoms with van der Waals surface area (Å²) in [6.07, 6.45) is 0. The van der Waals surface area contributed by atoms with Crippen LogP contribution in [-0.2, 0) is 0 Å². The van der Waals surface area contributed by atoms with E-state index in [4.69, 9.17) is 0 Å². The van der Waals surface area contributed by atoms with Crippen LogP contribution in [0.25, 0.3) is 0 Å². The van der Waals surface area contributed by atoms with Gasteiger partial charge in [0.2, 0.25) is 0 Å². The molecule has 0 aromatic heterocycles. The topological polar surface area (TPSA) is 115 Å². The summed E-state index contributed by atoms with van der Waals surface area (Å²) in [6.45, 7) is -0.274. The molecule has 2 aromatic carbocycles. The first-order chi connectivity index (χ1) is 10.9. The number of nitro groups is 2. The van der Waals surface area contributed by atoms with E-state index >= 15 is 0 Å². The van der Waals surface area contributed by atoms with Crippen molar-refractivity contribution in [1.82, 2.24) is 0 Å². The Hall–Kier alpha value is -3.36. The number of hydrogen-bond acceptors (Lipinski definition) is 6. The Morgan fingerprint density at radius 1 is 1.04 bits per heavy atom. The molecule has 2 aromatic rings. The number of nitrogens with one attached hydrogen (secondary N) is 1. The standard InChI is InChI=1S/C14H10FN3O5/c15-10-3-1-9(2-4-10)14(19)8-16-12-6-5-11(17(20)21)7-13(12)18(22)23/h1-7,16H,8H2. The number of rotatable bonds is 6. The van der Waals surface area contributed by atoms with Crippen LogP contribution in [0, 0.1) is 26.0 Å². The molecule has 0 atom stereocenters. The SMILES string of the molecule is O=C(CNc1ccc([N+](=O)[O-])cc1[N+](=O)[O-])c1ccc(F)cc1. The molecule has 0 radical (unpaired) electrons. The highest BCUT2D eigenvalue weighted by molar-refractivity contribution is 5.99. The van der Waals surface area contributed by atoms with Gasteiger partial charge in [0, 0.05) is 11.6 Å². The largest absolute Gasteiger partial charge is 0.372 e. The molecule has 1 N–H and O–H groups in total. The van der Waals surface area contributed by atoms with E-state index in [1.807, 2.05) is 0 Å². The number of ketones is 1. The average Bonchev–Trinajstić information content (AvgIpc) is 2.52. The number of carbonyl (C=O) groups excluding carboxylic acids is 1. The summed E-state index contributed by atoms with van der Waals surface area (Å²) < 4.78 is 12.8. The van der Waals surface area contributed by atoms with Crippen molar-refractivity contribution in [3.05, 3.63) is 74.1 Å². The Balaban J connectivity index is 2.16. The molecule has 0 fully saturated rings. The second-order valence-electron chi connectivity index (χ2n) is 4.50. The molecule has 23 heavy (non-hydrogen) atoms. The zero-order valence-electron chi connectivity index (χ0n) is 11.6. The van der Waals surface area contributed by atoms with Gasteiger partial charge < -0.3 is 5.32 Å². The van der Waals surface area contributed by atoms with Gasteiger partial charge in [-0.3, -0.25) is 25.0 Å². The van der Waals surface area contributed by atoms with Crippen LogP contribution in [-0.4, -0.2) is 22.2 Å². The fourth-order valence-corrected chi connectivity index (χ4v) is 1.85. The second-order valence-corrected chi connectivity index (χ2v) is 4.50. The normalized spacial score (nSPS) is 10.1. The molecule has 9 heteroatoms. The zero-order valence-corrected chi connectivity index (χ0v) is 11.6. The number of nitro benzene ring substituents is 2. The molecule has 0 heterocycles. The van der Waals surface area contributed by atoms with Gasteiger partial charge in [-0.05, 0) is 30.3 Å². The maximum absolute atomic E-state index is 12.8. The summed E-state index contributed by atoms with van der Waals surface area (Å²) in [5.41, 5.74) is -0.710. The molecule has 0 aliphatic heterocycles.